The third-order valence-corrected chi connectivity index (χ3v) is 2.14. The topological polar surface area (TPSA) is 17.2 Å². The van der Waals surface area contributed by atoms with Crippen molar-refractivity contribution in [1.82, 2.24) is 4.98 Å². The maximum Gasteiger partial charge on any atom is 0.209 e. The fourth-order valence-electron chi connectivity index (χ4n) is 0.898. The lowest BCUT2D eigenvalue weighted by molar-refractivity contribution is 1.11. The maximum absolute atomic E-state index is 6.85. The minimum absolute atomic E-state index is 0.641. The van der Waals surface area contributed by atoms with Crippen LogP contribution in [0.4, 0.5) is 5.69 Å². The van der Waals surface area contributed by atoms with Gasteiger partial charge in [0.25, 0.3) is 0 Å². The molecule has 0 bridgehead atoms. The Morgan fingerprint density at radius 2 is 2.36 bits per heavy atom. The third-order valence-electron chi connectivity index (χ3n) is 1.46. The van der Waals surface area contributed by atoms with E-state index in [2.05, 4.69) is 25.8 Å². The standard InChI is InChI=1S/C8H7BrN2/c1-3-6-7(9)4-11-5-8(6)10-2/h4-5H,3H2,1H3. The van der Waals surface area contributed by atoms with Crippen molar-refractivity contribution < 1.29 is 0 Å². The van der Waals surface area contributed by atoms with Gasteiger partial charge in [-0.05, 0) is 12.0 Å². The van der Waals surface area contributed by atoms with Gasteiger partial charge in [-0.15, -0.1) is 0 Å². The molecule has 1 aromatic rings. The molecule has 1 aromatic heterocycles. The van der Waals surface area contributed by atoms with E-state index in [4.69, 9.17) is 6.57 Å². The Bertz CT molecular complexity index is 301. The van der Waals surface area contributed by atoms with Crippen molar-refractivity contribution in [3.8, 4) is 0 Å². The third kappa shape index (κ3) is 1.58. The first-order valence-corrected chi connectivity index (χ1v) is 4.08. The van der Waals surface area contributed by atoms with Gasteiger partial charge in [0.1, 0.15) is 0 Å². The maximum atomic E-state index is 6.85. The molecule has 0 spiro atoms. The lowest BCUT2D eigenvalue weighted by Gasteiger charge is -2.00. The molecule has 0 saturated carbocycles. The van der Waals surface area contributed by atoms with Gasteiger partial charge in [-0.25, -0.2) is 4.85 Å². The highest BCUT2D eigenvalue weighted by Gasteiger charge is 2.03. The van der Waals surface area contributed by atoms with E-state index in [9.17, 15) is 0 Å². The fraction of sp³-hybridized carbons (Fsp3) is 0.250. The molecular formula is C8H7BrN2. The van der Waals surface area contributed by atoms with E-state index in [-0.39, 0.29) is 0 Å². The first-order valence-electron chi connectivity index (χ1n) is 3.29. The highest BCUT2D eigenvalue weighted by atomic mass is 79.9. The summed E-state index contributed by atoms with van der Waals surface area (Å²) in [5, 5.41) is 0. The molecule has 0 aliphatic carbocycles. The highest BCUT2D eigenvalue weighted by Crippen LogP contribution is 2.25. The van der Waals surface area contributed by atoms with Crippen LogP contribution in [0.1, 0.15) is 12.5 Å². The zero-order chi connectivity index (χ0) is 8.27. The molecule has 0 N–H and O–H groups in total. The van der Waals surface area contributed by atoms with Gasteiger partial charge in [0, 0.05) is 16.9 Å². The number of nitrogens with zero attached hydrogens (tertiary/aromatic N) is 2. The zero-order valence-electron chi connectivity index (χ0n) is 6.13. The van der Waals surface area contributed by atoms with Crippen molar-refractivity contribution in [3.05, 3.63) is 33.8 Å². The molecule has 0 radical (unpaired) electrons. The van der Waals surface area contributed by atoms with E-state index in [1.807, 2.05) is 6.92 Å². The quantitative estimate of drug-likeness (QED) is 0.652. The van der Waals surface area contributed by atoms with Crippen LogP contribution in [0.2, 0.25) is 0 Å². The molecule has 0 aliphatic rings. The van der Waals surface area contributed by atoms with Gasteiger partial charge < -0.3 is 0 Å². The molecule has 11 heavy (non-hydrogen) atoms. The average molecular weight is 211 g/mol. The summed E-state index contributed by atoms with van der Waals surface area (Å²) in [5.74, 6) is 0. The van der Waals surface area contributed by atoms with Crippen LogP contribution in [0.15, 0.2) is 16.9 Å². The van der Waals surface area contributed by atoms with Crippen molar-refractivity contribution in [1.29, 1.82) is 0 Å². The fourth-order valence-corrected chi connectivity index (χ4v) is 1.50. The molecule has 1 heterocycles. The molecule has 0 amide bonds. The summed E-state index contributed by atoms with van der Waals surface area (Å²) in [7, 11) is 0. The molecule has 0 aromatic carbocycles. The van der Waals surface area contributed by atoms with Crippen LogP contribution in [-0.2, 0) is 6.42 Å². The number of rotatable bonds is 1. The predicted molar refractivity (Wildman–Crippen MR) is 47.6 cm³/mol. The normalized spacial score (nSPS) is 9.18. The van der Waals surface area contributed by atoms with Crippen LogP contribution >= 0.6 is 15.9 Å². The second-order valence-corrected chi connectivity index (χ2v) is 2.94. The van der Waals surface area contributed by atoms with Crippen LogP contribution < -0.4 is 0 Å². The Hall–Kier alpha value is -0.880. The molecule has 0 unspecified atom stereocenters. The summed E-state index contributed by atoms with van der Waals surface area (Å²) in [5.41, 5.74) is 1.68. The largest absolute Gasteiger partial charge is 0.275 e. The molecule has 1 rings (SSSR count). The second-order valence-electron chi connectivity index (χ2n) is 2.08. The van der Waals surface area contributed by atoms with Gasteiger partial charge >= 0.3 is 0 Å². The Balaban J connectivity index is 3.27. The molecule has 0 atom stereocenters. The van der Waals surface area contributed by atoms with E-state index >= 15 is 0 Å². The lowest BCUT2D eigenvalue weighted by Crippen LogP contribution is -1.83. The molecule has 56 valence electrons. The SMILES string of the molecule is [C-]#[N+]c1cncc(Br)c1CC. The van der Waals surface area contributed by atoms with Crippen molar-refractivity contribution in [3.63, 3.8) is 0 Å². The Kier molecular flexibility index (Phi) is 2.61. The van der Waals surface area contributed by atoms with Gasteiger partial charge in [0.2, 0.25) is 5.69 Å². The van der Waals surface area contributed by atoms with Crippen LogP contribution in [-0.4, -0.2) is 4.98 Å². The monoisotopic (exact) mass is 210 g/mol. The highest BCUT2D eigenvalue weighted by molar-refractivity contribution is 9.10. The van der Waals surface area contributed by atoms with Crippen LogP contribution in [0.25, 0.3) is 4.85 Å². The summed E-state index contributed by atoms with van der Waals surface area (Å²) in [6.07, 6.45) is 4.17. The second kappa shape index (κ2) is 3.49. The molecular weight excluding hydrogens is 204 g/mol. The minimum atomic E-state index is 0.641. The number of aromatic nitrogens is 1. The van der Waals surface area contributed by atoms with Gasteiger partial charge in [-0.1, -0.05) is 22.9 Å². The summed E-state index contributed by atoms with van der Waals surface area (Å²) in [6.45, 7) is 8.87. The summed E-state index contributed by atoms with van der Waals surface area (Å²) >= 11 is 3.34. The molecule has 2 nitrogen and oxygen atoms in total. The smallest absolute Gasteiger partial charge is 0.209 e. The Labute approximate surface area is 74.2 Å². The van der Waals surface area contributed by atoms with Gasteiger partial charge in [0.05, 0.1) is 6.57 Å². The van der Waals surface area contributed by atoms with Crippen molar-refractivity contribution >= 4 is 21.6 Å². The number of halogens is 1. The van der Waals surface area contributed by atoms with Crippen molar-refractivity contribution in [2.45, 2.75) is 13.3 Å². The number of hydrogen-bond acceptors (Lipinski definition) is 1. The van der Waals surface area contributed by atoms with E-state index in [0.717, 1.165) is 16.5 Å². The molecule has 0 saturated heterocycles. The first kappa shape index (κ1) is 8.22. The summed E-state index contributed by atoms with van der Waals surface area (Å²) in [6, 6.07) is 0. The summed E-state index contributed by atoms with van der Waals surface area (Å²) in [4.78, 5) is 7.26. The van der Waals surface area contributed by atoms with E-state index in [1.165, 1.54) is 0 Å². The van der Waals surface area contributed by atoms with Crippen molar-refractivity contribution in [2.75, 3.05) is 0 Å². The lowest BCUT2D eigenvalue weighted by atomic mass is 10.2. The van der Waals surface area contributed by atoms with E-state index in [1.54, 1.807) is 12.4 Å². The van der Waals surface area contributed by atoms with Crippen LogP contribution in [0.3, 0.4) is 0 Å². The molecule has 0 fully saturated rings. The average Bonchev–Trinajstić information content (AvgIpc) is 2.04. The minimum Gasteiger partial charge on any atom is -0.275 e. The number of hydrogen-bond donors (Lipinski definition) is 0. The first-order chi connectivity index (χ1) is 5.29. The Morgan fingerprint density at radius 3 is 2.82 bits per heavy atom. The predicted octanol–water partition coefficient (Wildman–Crippen LogP) is 2.96. The van der Waals surface area contributed by atoms with Gasteiger partial charge in [-0.2, -0.15) is 0 Å². The molecule has 0 aliphatic heterocycles. The van der Waals surface area contributed by atoms with Gasteiger partial charge in [0.15, 0.2) is 0 Å². The van der Waals surface area contributed by atoms with Crippen molar-refractivity contribution in [2.24, 2.45) is 0 Å². The van der Waals surface area contributed by atoms with Crippen LogP contribution in [0.5, 0.6) is 0 Å². The van der Waals surface area contributed by atoms with E-state index in [0.29, 0.717) is 5.69 Å². The van der Waals surface area contributed by atoms with Crippen LogP contribution in [0, 0.1) is 6.57 Å². The van der Waals surface area contributed by atoms with Gasteiger partial charge in [-0.3, -0.25) is 4.98 Å². The number of pyridine rings is 1. The summed E-state index contributed by atoms with van der Waals surface area (Å²) < 4.78 is 0.925. The zero-order valence-corrected chi connectivity index (χ0v) is 7.72. The Morgan fingerprint density at radius 1 is 1.64 bits per heavy atom. The molecule has 3 heteroatoms. The van der Waals surface area contributed by atoms with E-state index < -0.39 is 0 Å².